The first-order chi connectivity index (χ1) is 15.6. The molecule has 0 bridgehead atoms. The lowest BCUT2D eigenvalue weighted by Crippen LogP contribution is -2.63. The maximum Gasteiger partial charge on any atom is 0.408 e. The summed E-state index contributed by atoms with van der Waals surface area (Å²) in [7, 11) is 1.45. The van der Waals surface area contributed by atoms with Gasteiger partial charge in [0.05, 0.1) is 0 Å². The van der Waals surface area contributed by atoms with E-state index in [2.05, 4.69) is 17.4 Å². The average molecular weight is 451 g/mol. The van der Waals surface area contributed by atoms with Crippen LogP contribution in [0.25, 0.3) is 11.1 Å². The van der Waals surface area contributed by atoms with Crippen LogP contribution >= 0.6 is 0 Å². The van der Waals surface area contributed by atoms with E-state index >= 15 is 0 Å². The van der Waals surface area contributed by atoms with E-state index in [4.69, 9.17) is 4.74 Å². The monoisotopic (exact) mass is 450 g/mol. The van der Waals surface area contributed by atoms with Crippen molar-refractivity contribution in [2.24, 2.45) is 5.92 Å². The molecule has 1 unspecified atom stereocenters. The van der Waals surface area contributed by atoms with Crippen molar-refractivity contribution in [3.8, 4) is 11.1 Å². The Labute approximate surface area is 193 Å². The van der Waals surface area contributed by atoms with Gasteiger partial charge in [0.2, 0.25) is 5.91 Å². The summed E-state index contributed by atoms with van der Waals surface area (Å²) in [4.78, 5) is 39.0. The van der Waals surface area contributed by atoms with Crippen LogP contribution in [0.2, 0.25) is 0 Å². The Morgan fingerprint density at radius 3 is 2.00 bits per heavy atom. The Balaban J connectivity index is 1.49. The summed E-state index contributed by atoms with van der Waals surface area (Å²) >= 11 is 0. The van der Waals surface area contributed by atoms with Crippen molar-refractivity contribution in [3.63, 3.8) is 0 Å². The highest BCUT2D eigenvalue weighted by molar-refractivity contribution is 5.94. The summed E-state index contributed by atoms with van der Waals surface area (Å²) in [6.07, 6.45) is 0.890. The molecule has 4 rings (SSSR count). The molecule has 2 amide bonds. The molecule has 1 fully saturated rings. The molecule has 1 saturated carbocycles. The number of amides is 2. The first-order valence-corrected chi connectivity index (χ1v) is 11.2. The average Bonchev–Trinajstić information content (AvgIpc) is 3.60. The smallest absolute Gasteiger partial charge is 0.408 e. The fraction of sp³-hybridized carbons (Fsp3) is 0.423. The number of ether oxygens (including phenoxy) is 1. The number of carboxylic acid groups (broad SMARTS) is 1. The van der Waals surface area contributed by atoms with Crippen molar-refractivity contribution in [2.75, 3.05) is 13.7 Å². The van der Waals surface area contributed by atoms with E-state index in [-0.39, 0.29) is 18.4 Å². The molecule has 174 valence electrons. The van der Waals surface area contributed by atoms with Crippen molar-refractivity contribution in [3.05, 3.63) is 59.7 Å². The maximum absolute atomic E-state index is 13.3. The number of alkyl carbamates (subject to hydrolysis) is 1. The number of nitrogens with one attached hydrogen (secondary N) is 1. The number of nitrogens with zero attached hydrogens (tertiary/aromatic N) is 1. The van der Waals surface area contributed by atoms with Gasteiger partial charge in [-0.2, -0.15) is 0 Å². The number of hydrogen-bond donors (Lipinski definition) is 2. The van der Waals surface area contributed by atoms with Gasteiger partial charge in [-0.3, -0.25) is 4.79 Å². The fourth-order valence-electron chi connectivity index (χ4n) is 4.58. The minimum atomic E-state index is -1.41. The maximum atomic E-state index is 13.3. The van der Waals surface area contributed by atoms with Crippen LogP contribution in [0.1, 0.15) is 50.7 Å². The van der Waals surface area contributed by atoms with Gasteiger partial charge >= 0.3 is 12.1 Å². The molecule has 2 N–H and O–H groups in total. The summed E-state index contributed by atoms with van der Waals surface area (Å²) in [5.74, 6) is -1.69. The van der Waals surface area contributed by atoms with E-state index < -0.39 is 29.0 Å². The second kappa shape index (κ2) is 8.21. The minimum absolute atomic E-state index is 0.0578. The Hall–Kier alpha value is -3.35. The molecule has 0 heterocycles. The second-order valence-corrected chi connectivity index (χ2v) is 9.66. The van der Waals surface area contributed by atoms with E-state index in [1.54, 1.807) is 6.92 Å². The Kier molecular flexibility index (Phi) is 5.68. The van der Waals surface area contributed by atoms with Crippen molar-refractivity contribution < 1.29 is 24.2 Å². The summed E-state index contributed by atoms with van der Waals surface area (Å²) < 4.78 is 5.64. The molecule has 33 heavy (non-hydrogen) atoms. The predicted octanol–water partition coefficient (Wildman–Crippen LogP) is 4.02. The summed E-state index contributed by atoms with van der Waals surface area (Å²) in [6.45, 7) is 4.73. The number of carbonyl (C=O) groups is 3. The molecule has 2 aromatic carbocycles. The van der Waals surface area contributed by atoms with Crippen LogP contribution in [0, 0.1) is 5.92 Å². The summed E-state index contributed by atoms with van der Waals surface area (Å²) in [5, 5.41) is 12.3. The summed E-state index contributed by atoms with van der Waals surface area (Å²) in [5.41, 5.74) is 1.85. The SMILES string of the molecule is CN(C(=O)C(C)(NC(=O)OCC1c2ccccc2-c2ccccc21)C1CC1)C(C)(C)C(=O)O. The highest BCUT2D eigenvalue weighted by Crippen LogP contribution is 2.45. The molecule has 0 aromatic heterocycles. The number of likely N-dealkylation sites (N-methyl/N-ethyl adjacent to an activating group) is 1. The third-order valence-corrected chi connectivity index (χ3v) is 7.21. The Morgan fingerprint density at radius 1 is 1.00 bits per heavy atom. The third kappa shape index (κ3) is 3.96. The van der Waals surface area contributed by atoms with Gasteiger partial charge in [-0.1, -0.05) is 48.5 Å². The molecule has 2 aliphatic carbocycles. The second-order valence-electron chi connectivity index (χ2n) is 9.66. The van der Waals surface area contributed by atoms with Crippen molar-refractivity contribution in [1.29, 1.82) is 0 Å². The predicted molar refractivity (Wildman–Crippen MR) is 124 cm³/mol. The molecule has 7 nitrogen and oxygen atoms in total. The number of carbonyl (C=O) groups excluding carboxylic acids is 2. The van der Waals surface area contributed by atoms with Crippen LogP contribution in [0.4, 0.5) is 4.79 Å². The lowest BCUT2D eigenvalue weighted by Gasteiger charge is -2.39. The van der Waals surface area contributed by atoms with Crippen LogP contribution < -0.4 is 5.32 Å². The number of fused-ring (bicyclic) bond motifs is 3. The lowest BCUT2D eigenvalue weighted by molar-refractivity contribution is -0.158. The van der Waals surface area contributed by atoms with E-state index in [1.165, 1.54) is 25.8 Å². The molecule has 0 saturated heterocycles. The number of carboxylic acids is 1. The first-order valence-electron chi connectivity index (χ1n) is 11.2. The molecule has 0 radical (unpaired) electrons. The number of hydrogen-bond acceptors (Lipinski definition) is 4. The zero-order valence-corrected chi connectivity index (χ0v) is 19.4. The first kappa shape index (κ1) is 22.8. The molecule has 2 aromatic rings. The van der Waals surface area contributed by atoms with Gasteiger partial charge in [-0.05, 0) is 61.8 Å². The molecule has 0 aliphatic heterocycles. The zero-order valence-electron chi connectivity index (χ0n) is 19.4. The van der Waals surface area contributed by atoms with Gasteiger partial charge in [0.15, 0.2) is 0 Å². The highest BCUT2D eigenvalue weighted by atomic mass is 16.5. The third-order valence-electron chi connectivity index (χ3n) is 7.21. The van der Waals surface area contributed by atoms with Gasteiger partial charge in [0.1, 0.15) is 17.7 Å². The van der Waals surface area contributed by atoms with Gasteiger partial charge in [-0.15, -0.1) is 0 Å². The van der Waals surface area contributed by atoms with Crippen LogP contribution in [-0.4, -0.2) is 52.7 Å². The van der Waals surface area contributed by atoms with Crippen LogP contribution in [0.5, 0.6) is 0 Å². The van der Waals surface area contributed by atoms with Gasteiger partial charge in [-0.25, -0.2) is 9.59 Å². The van der Waals surface area contributed by atoms with Crippen LogP contribution in [-0.2, 0) is 14.3 Å². The highest BCUT2D eigenvalue weighted by Gasteiger charge is 2.52. The topological polar surface area (TPSA) is 95.9 Å². The Morgan fingerprint density at radius 2 is 1.52 bits per heavy atom. The normalized spacial score (nSPS) is 16.8. The standard InChI is InChI=1S/C26H30N2O5/c1-25(2,23(30)31)28(4)22(29)26(3,16-13-14-16)27-24(32)33-15-21-19-11-7-5-9-17(19)18-10-6-8-12-20(18)21/h5-12,16,21H,13-15H2,1-4H3,(H,27,32)(H,30,31). The Bertz CT molecular complexity index is 1060. The van der Waals surface area contributed by atoms with Gasteiger partial charge in [0, 0.05) is 13.0 Å². The largest absolute Gasteiger partial charge is 0.480 e. The molecule has 7 heteroatoms. The van der Waals surface area contributed by atoms with Crippen molar-refractivity contribution >= 4 is 18.0 Å². The van der Waals surface area contributed by atoms with Crippen molar-refractivity contribution in [1.82, 2.24) is 10.2 Å². The minimum Gasteiger partial charge on any atom is -0.480 e. The van der Waals surface area contributed by atoms with Crippen molar-refractivity contribution in [2.45, 2.75) is 50.6 Å². The molecule has 2 aliphatic rings. The summed E-state index contributed by atoms with van der Waals surface area (Å²) in [6, 6.07) is 16.2. The van der Waals surface area contributed by atoms with E-state index in [1.807, 2.05) is 36.4 Å². The quantitative estimate of drug-likeness (QED) is 0.664. The van der Waals surface area contributed by atoms with Crippen LogP contribution in [0.15, 0.2) is 48.5 Å². The number of benzene rings is 2. The fourth-order valence-corrected chi connectivity index (χ4v) is 4.58. The van der Waals surface area contributed by atoms with Crippen LogP contribution in [0.3, 0.4) is 0 Å². The molecular weight excluding hydrogens is 420 g/mol. The zero-order chi connectivity index (χ0) is 24.0. The number of aliphatic carboxylic acids is 1. The van der Waals surface area contributed by atoms with Gasteiger partial charge < -0.3 is 20.1 Å². The van der Waals surface area contributed by atoms with E-state index in [0.29, 0.717) is 0 Å². The molecule has 0 spiro atoms. The van der Waals surface area contributed by atoms with E-state index in [0.717, 1.165) is 35.1 Å². The van der Waals surface area contributed by atoms with E-state index in [9.17, 15) is 19.5 Å². The van der Waals surface area contributed by atoms with Gasteiger partial charge in [0.25, 0.3) is 0 Å². The lowest BCUT2D eigenvalue weighted by atomic mass is 9.91. The molecule has 1 atom stereocenters. The number of rotatable bonds is 7. The molecular formula is C26H30N2O5.